The molecule has 0 saturated heterocycles. The van der Waals surface area contributed by atoms with Crippen LogP contribution in [0, 0.1) is 0 Å². The Morgan fingerprint density at radius 3 is 3.17 bits per heavy atom. The lowest BCUT2D eigenvalue weighted by atomic mass is 10.5. The minimum absolute atomic E-state index is 0.783. The maximum Gasteiger partial charge on any atom is 0.207 e. The molecule has 2 aromatic heterocycles. The van der Waals surface area contributed by atoms with E-state index in [9.17, 15) is 0 Å². The summed E-state index contributed by atoms with van der Waals surface area (Å²) < 4.78 is 2.83. The number of nitrogens with zero attached hydrogens (tertiary/aromatic N) is 3. The molecule has 0 unspecified atom stereocenters. The Labute approximate surface area is 82.3 Å². The summed E-state index contributed by atoms with van der Waals surface area (Å²) in [5.74, 6) is 0. The predicted octanol–water partition coefficient (Wildman–Crippen LogP) is 2.21. The molecular formula is C7H6BrN3S. The van der Waals surface area contributed by atoms with Crippen molar-refractivity contribution >= 4 is 33.2 Å². The summed E-state index contributed by atoms with van der Waals surface area (Å²) in [5, 5.41) is 5.04. The molecule has 0 saturated carbocycles. The van der Waals surface area contributed by atoms with Crippen LogP contribution in [-0.2, 0) is 0 Å². The third kappa shape index (κ3) is 1.23. The van der Waals surface area contributed by atoms with Gasteiger partial charge in [-0.2, -0.15) is 0 Å². The van der Waals surface area contributed by atoms with Crippen LogP contribution in [0.5, 0.6) is 0 Å². The highest BCUT2D eigenvalue weighted by atomic mass is 79.9. The molecule has 12 heavy (non-hydrogen) atoms. The Morgan fingerprint density at radius 2 is 2.42 bits per heavy atom. The Morgan fingerprint density at radius 1 is 1.58 bits per heavy atom. The van der Waals surface area contributed by atoms with Crippen LogP contribution in [0.15, 0.2) is 28.1 Å². The fraction of sp³-hybridized carbons (Fsp3) is 0.143. The Kier molecular flexibility index (Phi) is 2.06. The van der Waals surface area contributed by atoms with Crippen LogP contribution in [0.2, 0.25) is 0 Å². The SMILES string of the molecule is CSc1ncc2c(Br)ccn2n1. The highest BCUT2D eigenvalue weighted by Gasteiger charge is 2.01. The van der Waals surface area contributed by atoms with Crippen molar-refractivity contribution in [3.05, 3.63) is 22.9 Å². The van der Waals surface area contributed by atoms with Crippen LogP contribution in [0.1, 0.15) is 0 Å². The zero-order valence-electron chi connectivity index (χ0n) is 6.36. The Bertz CT molecular complexity index is 412. The van der Waals surface area contributed by atoms with Crippen LogP contribution in [0.4, 0.5) is 0 Å². The van der Waals surface area contributed by atoms with Crippen molar-refractivity contribution < 1.29 is 0 Å². The summed E-state index contributed by atoms with van der Waals surface area (Å²) in [6, 6.07) is 1.95. The lowest BCUT2D eigenvalue weighted by molar-refractivity contribution is 0.798. The Hall–Kier alpha value is -0.550. The molecule has 0 atom stereocenters. The first kappa shape index (κ1) is 8.07. The molecular weight excluding hydrogens is 238 g/mol. The molecule has 0 radical (unpaired) electrons. The highest BCUT2D eigenvalue weighted by molar-refractivity contribution is 9.10. The minimum atomic E-state index is 0.783. The molecule has 0 spiro atoms. The topological polar surface area (TPSA) is 30.2 Å². The smallest absolute Gasteiger partial charge is 0.207 e. The van der Waals surface area contributed by atoms with Crippen molar-refractivity contribution in [2.75, 3.05) is 6.26 Å². The third-order valence-electron chi connectivity index (χ3n) is 1.53. The number of halogens is 1. The molecule has 5 heteroatoms. The van der Waals surface area contributed by atoms with E-state index in [1.54, 1.807) is 0 Å². The summed E-state index contributed by atoms with van der Waals surface area (Å²) in [4.78, 5) is 4.16. The molecule has 62 valence electrons. The second-order valence-corrected chi connectivity index (χ2v) is 3.87. The van der Waals surface area contributed by atoms with Crippen LogP contribution in [0.3, 0.4) is 0 Å². The number of hydrogen-bond donors (Lipinski definition) is 0. The van der Waals surface area contributed by atoms with E-state index in [1.807, 2.05) is 29.2 Å². The van der Waals surface area contributed by atoms with E-state index < -0.39 is 0 Å². The normalized spacial score (nSPS) is 10.8. The van der Waals surface area contributed by atoms with Gasteiger partial charge in [-0.25, -0.2) is 9.50 Å². The molecule has 3 nitrogen and oxygen atoms in total. The van der Waals surface area contributed by atoms with Gasteiger partial charge in [-0.3, -0.25) is 0 Å². The number of thioether (sulfide) groups is 1. The molecule has 2 heterocycles. The van der Waals surface area contributed by atoms with Crippen LogP contribution in [0.25, 0.3) is 5.52 Å². The third-order valence-corrected chi connectivity index (χ3v) is 2.75. The molecule has 0 bridgehead atoms. The highest BCUT2D eigenvalue weighted by Crippen LogP contribution is 2.18. The number of hydrogen-bond acceptors (Lipinski definition) is 3. The fourth-order valence-electron chi connectivity index (χ4n) is 0.947. The lowest BCUT2D eigenvalue weighted by Gasteiger charge is -1.95. The summed E-state index contributed by atoms with van der Waals surface area (Å²) in [6.45, 7) is 0. The lowest BCUT2D eigenvalue weighted by Crippen LogP contribution is -1.93. The number of aromatic nitrogens is 3. The molecule has 0 aromatic carbocycles. The van der Waals surface area contributed by atoms with E-state index >= 15 is 0 Å². The van der Waals surface area contributed by atoms with Crippen LogP contribution in [-0.4, -0.2) is 20.9 Å². The van der Waals surface area contributed by atoms with Gasteiger partial charge in [0.25, 0.3) is 0 Å². The summed E-state index contributed by atoms with van der Waals surface area (Å²) in [5.41, 5.74) is 0.993. The first-order valence-electron chi connectivity index (χ1n) is 3.35. The van der Waals surface area contributed by atoms with Gasteiger partial charge in [0.1, 0.15) is 0 Å². The molecule has 2 rings (SSSR count). The Balaban J connectivity index is 2.69. The monoisotopic (exact) mass is 243 g/mol. The maximum atomic E-state index is 4.25. The van der Waals surface area contributed by atoms with Crippen LogP contribution < -0.4 is 0 Å². The van der Waals surface area contributed by atoms with Gasteiger partial charge >= 0.3 is 0 Å². The average Bonchev–Trinajstić information content (AvgIpc) is 2.47. The van der Waals surface area contributed by atoms with Gasteiger partial charge in [0.05, 0.1) is 11.7 Å². The first-order valence-corrected chi connectivity index (χ1v) is 5.37. The van der Waals surface area contributed by atoms with Gasteiger partial charge in [-0.15, -0.1) is 5.10 Å². The zero-order chi connectivity index (χ0) is 8.55. The van der Waals surface area contributed by atoms with Crippen molar-refractivity contribution in [3.8, 4) is 0 Å². The van der Waals surface area contributed by atoms with E-state index in [4.69, 9.17) is 0 Å². The molecule has 0 amide bonds. The second-order valence-electron chi connectivity index (χ2n) is 2.24. The molecule has 0 N–H and O–H groups in total. The van der Waals surface area contributed by atoms with Gasteiger partial charge in [0, 0.05) is 10.7 Å². The van der Waals surface area contributed by atoms with Crippen molar-refractivity contribution in [1.29, 1.82) is 0 Å². The van der Waals surface area contributed by atoms with Gasteiger partial charge < -0.3 is 0 Å². The summed E-state index contributed by atoms with van der Waals surface area (Å²) in [7, 11) is 0. The molecule has 0 aliphatic carbocycles. The van der Waals surface area contributed by atoms with E-state index in [0.717, 1.165) is 15.1 Å². The fourth-order valence-corrected chi connectivity index (χ4v) is 1.68. The van der Waals surface area contributed by atoms with Crippen molar-refractivity contribution in [3.63, 3.8) is 0 Å². The zero-order valence-corrected chi connectivity index (χ0v) is 8.76. The predicted molar refractivity (Wildman–Crippen MR) is 52.5 cm³/mol. The number of fused-ring (bicyclic) bond motifs is 1. The van der Waals surface area contributed by atoms with Gasteiger partial charge in [0.2, 0.25) is 5.16 Å². The van der Waals surface area contributed by atoms with Gasteiger partial charge in [-0.1, -0.05) is 11.8 Å². The molecule has 0 aliphatic rings. The van der Waals surface area contributed by atoms with Gasteiger partial charge in [0.15, 0.2) is 0 Å². The largest absolute Gasteiger partial charge is 0.236 e. The van der Waals surface area contributed by atoms with Gasteiger partial charge in [-0.05, 0) is 28.3 Å². The molecule has 0 aliphatic heterocycles. The number of rotatable bonds is 1. The van der Waals surface area contributed by atoms with Crippen molar-refractivity contribution in [2.45, 2.75) is 5.16 Å². The molecule has 0 fully saturated rings. The van der Waals surface area contributed by atoms with E-state index in [-0.39, 0.29) is 0 Å². The maximum absolute atomic E-state index is 4.25. The summed E-state index contributed by atoms with van der Waals surface area (Å²) >= 11 is 4.94. The second kappa shape index (κ2) is 3.06. The van der Waals surface area contributed by atoms with E-state index in [1.165, 1.54) is 11.8 Å². The van der Waals surface area contributed by atoms with E-state index in [2.05, 4.69) is 26.0 Å². The standard InChI is InChI=1S/C7H6BrN3S/c1-12-7-9-4-6-5(8)2-3-11(6)10-7/h2-4H,1H3. The van der Waals surface area contributed by atoms with Crippen molar-refractivity contribution in [2.24, 2.45) is 0 Å². The average molecular weight is 244 g/mol. The molecule has 2 aromatic rings. The van der Waals surface area contributed by atoms with Crippen molar-refractivity contribution in [1.82, 2.24) is 14.6 Å². The van der Waals surface area contributed by atoms with Crippen LogP contribution >= 0.6 is 27.7 Å². The first-order chi connectivity index (χ1) is 5.81. The summed E-state index contributed by atoms with van der Waals surface area (Å²) in [6.07, 6.45) is 5.67. The van der Waals surface area contributed by atoms with E-state index in [0.29, 0.717) is 0 Å². The minimum Gasteiger partial charge on any atom is -0.236 e. The quantitative estimate of drug-likeness (QED) is 0.720.